The molecule has 180 valence electrons. The van der Waals surface area contributed by atoms with Crippen LogP contribution in [0.4, 0.5) is 0 Å². The van der Waals surface area contributed by atoms with Crippen LogP contribution < -0.4 is 4.74 Å². The van der Waals surface area contributed by atoms with E-state index in [-0.39, 0.29) is 33.5 Å². The summed E-state index contributed by atoms with van der Waals surface area (Å²) in [5.41, 5.74) is 2.26. The SMILES string of the molecule is CCCc1c(OCc2ccc(S(=O)(=O)c3ccc(-c4nn[nH]n4)cc3)cc2)ccc(C(C)=O)c1O. The number of aromatic nitrogens is 4. The van der Waals surface area contributed by atoms with Gasteiger partial charge in [-0.2, -0.15) is 5.21 Å². The number of carbonyl (C=O) groups excluding carboxylic acids is 1. The highest BCUT2D eigenvalue weighted by Gasteiger charge is 2.19. The van der Waals surface area contributed by atoms with E-state index in [1.807, 2.05) is 6.92 Å². The predicted octanol–water partition coefficient (Wildman–Crippen LogP) is 4.14. The highest BCUT2D eigenvalue weighted by atomic mass is 32.2. The highest BCUT2D eigenvalue weighted by Crippen LogP contribution is 2.33. The second kappa shape index (κ2) is 10.1. The number of rotatable bonds is 9. The van der Waals surface area contributed by atoms with Gasteiger partial charge in [-0.15, -0.1) is 10.2 Å². The third kappa shape index (κ3) is 5.07. The number of aromatic hydroxyl groups is 1. The van der Waals surface area contributed by atoms with Gasteiger partial charge in [-0.1, -0.05) is 25.5 Å². The molecule has 0 spiro atoms. The molecule has 4 aromatic rings. The molecule has 0 bridgehead atoms. The molecule has 2 N–H and O–H groups in total. The van der Waals surface area contributed by atoms with Crippen molar-refractivity contribution in [2.45, 2.75) is 43.1 Å². The molecule has 10 heteroatoms. The maximum atomic E-state index is 13.0. The van der Waals surface area contributed by atoms with Crippen LogP contribution in [0, 0.1) is 0 Å². The summed E-state index contributed by atoms with van der Waals surface area (Å²) in [6.07, 6.45) is 1.33. The summed E-state index contributed by atoms with van der Waals surface area (Å²) in [6.45, 7) is 3.56. The van der Waals surface area contributed by atoms with Crippen molar-refractivity contribution in [2.75, 3.05) is 0 Å². The normalized spacial score (nSPS) is 11.4. The fourth-order valence-electron chi connectivity index (χ4n) is 3.66. The Morgan fingerprint density at radius 1 is 1.00 bits per heavy atom. The number of phenolic OH excluding ortho intramolecular Hbond substituents is 1. The zero-order valence-corrected chi connectivity index (χ0v) is 20.0. The monoisotopic (exact) mass is 492 g/mol. The average Bonchev–Trinajstić information content (AvgIpc) is 3.40. The number of tetrazole rings is 1. The van der Waals surface area contributed by atoms with Gasteiger partial charge in [-0.05, 0) is 72.7 Å². The van der Waals surface area contributed by atoms with Gasteiger partial charge in [0.2, 0.25) is 15.7 Å². The van der Waals surface area contributed by atoms with Crippen molar-refractivity contribution in [1.82, 2.24) is 20.6 Å². The number of hydrogen-bond donors (Lipinski definition) is 2. The van der Waals surface area contributed by atoms with Gasteiger partial charge in [-0.3, -0.25) is 4.79 Å². The molecule has 0 aliphatic carbocycles. The number of H-pyrrole nitrogens is 1. The molecule has 0 amide bonds. The molecule has 0 fully saturated rings. The summed E-state index contributed by atoms with van der Waals surface area (Å²) < 4.78 is 32.0. The number of nitrogens with zero attached hydrogens (tertiary/aromatic N) is 3. The zero-order chi connectivity index (χ0) is 25.0. The van der Waals surface area contributed by atoms with E-state index in [0.29, 0.717) is 29.1 Å². The van der Waals surface area contributed by atoms with E-state index in [1.54, 1.807) is 36.4 Å². The Bertz CT molecular complexity index is 1430. The lowest BCUT2D eigenvalue weighted by Crippen LogP contribution is -2.04. The fraction of sp³-hybridized carbons (Fsp3) is 0.200. The predicted molar refractivity (Wildman–Crippen MR) is 128 cm³/mol. The summed E-state index contributed by atoms with van der Waals surface area (Å²) >= 11 is 0. The number of hydrogen-bond acceptors (Lipinski definition) is 8. The molecule has 0 saturated carbocycles. The summed E-state index contributed by atoms with van der Waals surface area (Å²) in [5.74, 6) is 0.605. The van der Waals surface area contributed by atoms with Crippen LogP contribution in [0.5, 0.6) is 11.5 Å². The van der Waals surface area contributed by atoms with Crippen molar-refractivity contribution >= 4 is 15.6 Å². The topological polar surface area (TPSA) is 135 Å². The van der Waals surface area contributed by atoms with E-state index in [1.165, 1.54) is 31.2 Å². The van der Waals surface area contributed by atoms with Crippen molar-refractivity contribution in [3.63, 3.8) is 0 Å². The first-order valence-corrected chi connectivity index (χ1v) is 12.5. The number of aromatic amines is 1. The zero-order valence-electron chi connectivity index (χ0n) is 19.2. The number of benzene rings is 3. The Hall–Kier alpha value is -4.05. The van der Waals surface area contributed by atoms with Gasteiger partial charge >= 0.3 is 0 Å². The highest BCUT2D eigenvalue weighted by molar-refractivity contribution is 7.91. The van der Waals surface area contributed by atoms with Crippen molar-refractivity contribution in [1.29, 1.82) is 0 Å². The molecule has 3 aromatic carbocycles. The number of carbonyl (C=O) groups is 1. The molecule has 35 heavy (non-hydrogen) atoms. The van der Waals surface area contributed by atoms with Crippen LogP contribution >= 0.6 is 0 Å². The summed E-state index contributed by atoms with van der Waals surface area (Å²) in [4.78, 5) is 12.0. The van der Waals surface area contributed by atoms with Gasteiger partial charge < -0.3 is 9.84 Å². The minimum Gasteiger partial charge on any atom is -0.507 e. The van der Waals surface area contributed by atoms with Crippen LogP contribution in [0.25, 0.3) is 11.4 Å². The Morgan fingerprint density at radius 3 is 2.23 bits per heavy atom. The Kier molecular flexibility index (Phi) is 6.92. The van der Waals surface area contributed by atoms with Gasteiger partial charge in [-0.25, -0.2) is 8.42 Å². The van der Waals surface area contributed by atoms with Crippen molar-refractivity contribution in [3.05, 3.63) is 77.4 Å². The average molecular weight is 493 g/mol. The van der Waals surface area contributed by atoms with Gasteiger partial charge in [0.05, 0.1) is 15.4 Å². The number of sulfone groups is 1. The van der Waals surface area contributed by atoms with Crippen molar-refractivity contribution in [3.8, 4) is 22.9 Å². The maximum absolute atomic E-state index is 13.0. The minimum atomic E-state index is -3.71. The molecule has 0 saturated heterocycles. The number of phenols is 1. The first-order chi connectivity index (χ1) is 16.8. The molecule has 0 radical (unpaired) electrons. The molecular weight excluding hydrogens is 468 g/mol. The largest absolute Gasteiger partial charge is 0.507 e. The second-order valence-electron chi connectivity index (χ2n) is 7.94. The van der Waals surface area contributed by atoms with Gasteiger partial charge in [0.1, 0.15) is 18.1 Å². The van der Waals surface area contributed by atoms with Crippen LogP contribution in [-0.4, -0.2) is 39.9 Å². The quantitative estimate of drug-likeness (QED) is 0.333. The maximum Gasteiger partial charge on any atom is 0.206 e. The third-order valence-electron chi connectivity index (χ3n) is 5.52. The number of ether oxygens (including phenoxy) is 1. The Balaban J connectivity index is 1.49. The Morgan fingerprint density at radius 2 is 1.66 bits per heavy atom. The molecule has 0 aliphatic rings. The van der Waals surface area contributed by atoms with Gasteiger partial charge in [0, 0.05) is 11.1 Å². The fourth-order valence-corrected chi connectivity index (χ4v) is 4.92. The van der Waals surface area contributed by atoms with Gasteiger partial charge in [0.25, 0.3) is 0 Å². The minimum absolute atomic E-state index is 0.0522. The standard InChI is InChI=1S/C25H24N4O5S/c1-3-4-22-23(14-13-21(16(2)30)24(22)31)34-15-17-5-9-19(10-6-17)35(32,33)20-11-7-18(8-12-20)25-26-28-29-27-25/h5-14,31H,3-4,15H2,1-2H3,(H,26,27,28,29). The van der Waals surface area contributed by atoms with Crippen molar-refractivity contribution in [2.24, 2.45) is 0 Å². The van der Waals surface area contributed by atoms with Crippen LogP contribution in [0.1, 0.15) is 41.8 Å². The van der Waals surface area contributed by atoms with E-state index in [4.69, 9.17) is 4.74 Å². The molecular formula is C25H24N4O5S. The van der Waals surface area contributed by atoms with E-state index in [0.717, 1.165) is 12.0 Å². The van der Waals surface area contributed by atoms with E-state index >= 15 is 0 Å². The first-order valence-electron chi connectivity index (χ1n) is 11.0. The molecule has 9 nitrogen and oxygen atoms in total. The molecule has 1 heterocycles. The van der Waals surface area contributed by atoms with Crippen LogP contribution in [0.3, 0.4) is 0 Å². The second-order valence-corrected chi connectivity index (χ2v) is 9.89. The molecule has 0 aliphatic heterocycles. The summed E-state index contributed by atoms with van der Waals surface area (Å²) in [5, 5.41) is 24.1. The lowest BCUT2D eigenvalue weighted by Gasteiger charge is -2.15. The van der Waals surface area contributed by atoms with E-state index in [9.17, 15) is 18.3 Å². The molecule has 4 rings (SSSR count). The number of Topliss-reactive ketones (excluding diaryl/α,β-unsaturated/α-hetero) is 1. The third-order valence-corrected chi connectivity index (χ3v) is 7.30. The summed E-state index contributed by atoms with van der Waals surface area (Å²) in [6, 6.07) is 15.9. The van der Waals surface area contributed by atoms with E-state index < -0.39 is 9.84 Å². The Labute approximate surface area is 202 Å². The molecule has 0 atom stereocenters. The molecule has 1 aromatic heterocycles. The van der Waals surface area contributed by atoms with Crippen LogP contribution in [0.15, 0.2) is 70.5 Å². The lowest BCUT2D eigenvalue weighted by atomic mass is 10.0. The number of nitrogens with one attached hydrogen (secondary N) is 1. The first kappa shape index (κ1) is 24.1. The molecule has 0 unspecified atom stereocenters. The van der Waals surface area contributed by atoms with Crippen LogP contribution in [0.2, 0.25) is 0 Å². The smallest absolute Gasteiger partial charge is 0.206 e. The lowest BCUT2D eigenvalue weighted by molar-refractivity contribution is 0.101. The summed E-state index contributed by atoms with van der Waals surface area (Å²) in [7, 11) is -3.71. The van der Waals surface area contributed by atoms with Crippen molar-refractivity contribution < 1.29 is 23.1 Å². The van der Waals surface area contributed by atoms with Crippen LogP contribution in [-0.2, 0) is 22.9 Å². The van der Waals surface area contributed by atoms with Gasteiger partial charge in [0.15, 0.2) is 5.78 Å². The van der Waals surface area contributed by atoms with E-state index in [2.05, 4.69) is 20.6 Å². The number of ketones is 1.